The molecule has 5 nitrogen and oxygen atoms in total. The van der Waals surface area contributed by atoms with Gasteiger partial charge in [0.2, 0.25) is 5.91 Å². The lowest BCUT2D eigenvalue weighted by atomic mass is 9.99. The summed E-state index contributed by atoms with van der Waals surface area (Å²) in [7, 11) is 0. The molecule has 0 spiro atoms. The molecule has 0 aromatic heterocycles. The summed E-state index contributed by atoms with van der Waals surface area (Å²) in [4.78, 5) is 25.1. The number of carboxylic acids is 1. The molecule has 21 heavy (non-hydrogen) atoms. The highest BCUT2D eigenvalue weighted by Crippen LogP contribution is 2.23. The molecule has 2 atom stereocenters. The third-order valence-corrected chi connectivity index (χ3v) is 4.25. The normalized spacial score (nSPS) is 22.2. The average Bonchev–Trinajstić information content (AvgIpc) is 2.76. The fraction of sp³-hybridized carbons (Fsp3) is 0.500. The maximum atomic E-state index is 12.1. The molecule has 114 valence electrons. The summed E-state index contributed by atoms with van der Waals surface area (Å²) < 4.78 is 0. The van der Waals surface area contributed by atoms with Crippen LogP contribution in [0.15, 0.2) is 18.2 Å². The maximum absolute atomic E-state index is 12.1. The first-order chi connectivity index (χ1) is 9.88. The lowest BCUT2D eigenvalue weighted by Gasteiger charge is -2.16. The number of amides is 1. The average molecular weight is 290 g/mol. The Labute approximate surface area is 125 Å². The van der Waals surface area contributed by atoms with E-state index in [4.69, 9.17) is 5.11 Å². The zero-order valence-electron chi connectivity index (χ0n) is 12.7. The van der Waals surface area contributed by atoms with Crippen molar-refractivity contribution < 1.29 is 14.7 Å². The molecule has 0 radical (unpaired) electrons. The van der Waals surface area contributed by atoms with Crippen LogP contribution in [0.1, 0.15) is 18.1 Å². The number of rotatable bonds is 4. The van der Waals surface area contributed by atoms with E-state index in [1.165, 1.54) is 0 Å². The summed E-state index contributed by atoms with van der Waals surface area (Å²) in [6.45, 7) is 7.23. The zero-order valence-corrected chi connectivity index (χ0v) is 12.7. The minimum absolute atomic E-state index is 0.0796. The van der Waals surface area contributed by atoms with Crippen LogP contribution >= 0.6 is 0 Å². The maximum Gasteiger partial charge on any atom is 0.308 e. The highest BCUT2D eigenvalue weighted by atomic mass is 16.4. The van der Waals surface area contributed by atoms with Crippen molar-refractivity contribution in [1.29, 1.82) is 0 Å². The fourth-order valence-electron chi connectivity index (χ4n) is 2.80. The second-order valence-electron chi connectivity index (χ2n) is 5.91. The van der Waals surface area contributed by atoms with Crippen molar-refractivity contribution in [3.8, 4) is 0 Å². The van der Waals surface area contributed by atoms with Gasteiger partial charge in [0.15, 0.2) is 0 Å². The monoisotopic (exact) mass is 290 g/mol. The summed E-state index contributed by atoms with van der Waals surface area (Å²) in [5, 5.41) is 12.0. The number of carboxylic acid groups (broad SMARTS) is 1. The number of anilines is 1. The Morgan fingerprint density at radius 3 is 2.67 bits per heavy atom. The van der Waals surface area contributed by atoms with Crippen LogP contribution in [0.3, 0.4) is 0 Å². The molecule has 1 aliphatic heterocycles. The Morgan fingerprint density at radius 1 is 1.33 bits per heavy atom. The van der Waals surface area contributed by atoms with Gasteiger partial charge in [-0.3, -0.25) is 14.5 Å². The largest absolute Gasteiger partial charge is 0.481 e. The Bertz CT molecular complexity index is 556. The topological polar surface area (TPSA) is 69.6 Å². The van der Waals surface area contributed by atoms with E-state index in [0.717, 1.165) is 16.8 Å². The van der Waals surface area contributed by atoms with E-state index in [0.29, 0.717) is 13.1 Å². The first kappa shape index (κ1) is 15.5. The molecule has 1 fully saturated rings. The lowest BCUT2D eigenvalue weighted by Crippen LogP contribution is -2.32. The number of nitrogens with one attached hydrogen (secondary N) is 1. The number of likely N-dealkylation sites (tertiary alicyclic amines) is 1. The van der Waals surface area contributed by atoms with Crippen molar-refractivity contribution in [3.63, 3.8) is 0 Å². The molecule has 0 bridgehead atoms. The van der Waals surface area contributed by atoms with Gasteiger partial charge in [0.25, 0.3) is 0 Å². The smallest absolute Gasteiger partial charge is 0.308 e. The highest BCUT2D eigenvalue weighted by molar-refractivity contribution is 5.93. The van der Waals surface area contributed by atoms with Gasteiger partial charge in [-0.1, -0.05) is 19.1 Å². The van der Waals surface area contributed by atoms with Crippen LogP contribution in [0.25, 0.3) is 0 Å². The summed E-state index contributed by atoms with van der Waals surface area (Å²) in [6, 6.07) is 5.80. The van der Waals surface area contributed by atoms with Crippen molar-refractivity contribution in [2.24, 2.45) is 11.8 Å². The van der Waals surface area contributed by atoms with Crippen LogP contribution < -0.4 is 5.32 Å². The standard InChI is InChI=1S/C16H22N2O3/c1-10-5-4-6-14(12(10)3)17-15(19)9-18-7-11(2)13(8-18)16(20)21/h4-6,11,13H,7-9H2,1-3H3,(H,17,19)(H,20,21). The van der Waals surface area contributed by atoms with E-state index in [-0.39, 0.29) is 24.3 Å². The third-order valence-electron chi connectivity index (χ3n) is 4.25. The zero-order chi connectivity index (χ0) is 15.6. The number of aliphatic carboxylic acids is 1. The number of carbonyl (C=O) groups is 2. The van der Waals surface area contributed by atoms with Crippen LogP contribution in [-0.4, -0.2) is 41.5 Å². The van der Waals surface area contributed by atoms with E-state index in [9.17, 15) is 9.59 Å². The van der Waals surface area contributed by atoms with Crippen LogP contribution in [-0.2, 0) is 9.59 Å². The van der Waals surface area contributed by atoms with Crippen molar-refractivity contribution in [3.05, 3.63) is 29.3 Å². The Balaban J connectivity index is 1.94. The SMILES string of the molecule is Cc1cccc(NC(=O)CN2CC(C)C(C(=O)O)C2)c1C. The van der Waals surface area contributed by atoms with Gasteiger partial charge < -0.3 is 10.4 Å². The van der Waals surface area contributed by atoms with Crippen LogP contribution in [0.2, 0.25) is 0 Å². The van der Waals surface area contributed by atoms with Gasteiger partial charge in [-0.2, -0.15) is 0 Å². The molecule has 2 rings (SSSR count). The Hall–Kier alpha value is -1.88. The summed E-state index contributed by atoms with van der Waals surface area (Å²) in [5.74, 6) is -1.17. The summed E-state index contributed by atoms with van der Waals surface area (Å²) >= 11 is 0. The van der Waals surface area contributed by atoms with Gasteiger partial charge in [-0.15, -0.1) is 0 Å². The fourth-order valence-corrected chi connectivity index (χ4v) is 2.80. The van der Waals surface area contributed by atoms with E-state index in [1.807, 2.05) is 43.9 Å². The van der Waals surface area contributed by atoms with Crippen molar-refractivity contribution in [2.45, 2.75) is 20.8 Å². The molecular formula is C16H22N2O3. The predicted molar refractivity (Wildman–Crippen MR) is 81.3 cm³/mol. The molecule has 1 saturated heterocycles. The van der Waals surface area contributed by atoms with Gasteiger partial charge in [0.05, 0.1) is 12.5 Å². The van der Waals surface area contributed by atoms with E-state index in [2.05, 4.69) is 5.32 Å². The second kappa shape index (κ2) is 6.26. The van der Waals surface area contributed by atoms with Crippen LogP contribution in [0.4, 0.5) is 5.69 Å². The molecule has 2 N–H and O–H groups in total. The molecule has 1 amide bonds. The first-order valence-corrected chi connectivity index (χ1v) is 7.19. The predicted octanol–water partition coefficient (Wildman–Crippen LogP) is 1.89. The quantitative estimate of drug-likeness (QED) is 0.888. The number of hydrogen-bond donors (Lipinski definition) is 2. The minimum Gasteiger partial charge on any atom is -0.481 e. The molecule has 1 aliphatic rings. The Morgan fingerprint density at radius 2 is 2.05 bits per heavy atom. The lowest BCUT2D eigenvalue weighted by molar-refractivity contribution is -0.142. The number of carbonyl (C=O) groups excluding carboxylic acids is 1. The number of benzene rings is 1. The highest BCUT2D eigenvalue weighted by Gasteiger charge is 2.35. The van der Waals surface area contributed by atoms with Gasteiger partial charge in [0.1, 0.15) is 0 Å². The Kier molecular flexibility index (Phi) is 4.63. The number of hydrogen-bond acceptors (Lipinski definition) is 3. The summed E-state index contributed by atoms with van der Waals surface area (Å²) in [6.07, 6.45) is 0. The first-order valence-electron chi connectivity index (χ1n) is 7.19. The van der Waals surface area contributed by atoms with Crippen molar-refractivity contribution >= 4 is 17.6 Å². The molecule has 1 aromatic rings. The molecule has 1 aromatic carbocycles. The molecule has 0 aliphatic carbocycles. The number of aryl methyl sites for hydroxylation is 1. The number of nitrogens with zero attached hydrogens (tertiary/aromatic N) is 1. The van der Waals surface area contributed by atoms with Crippen molar-refractivity contribution in [1.82, 2.24) is 4.90 Å². The van der Waals surface area contributed by atoms with Crippen LogP contribution in [0.5, 0.6) is 0 Å². The van der Waals surface area contributed by atoms with Crippen LogP contribution in [0, 0.1) is 25.7 Å². The van der Waals surface area contributed by atoms with Gasteiger partial charge in [0, 0.05) is 18.8 Å². The van der Waals surface area contributed by atoms with E-state index < -0.39 is 5.97 Å². The molecule has 2 unspecified atom stereocenters. The van der Waals surface area contributed by atoms with Gasteiger partial charge >= 0.3 is 5.97 Å². The molecule has 1 heterocycles. The van der Waals surface area contributed by atoms with Crippen molar-refractivity contribution in [2.75, 3.05) is 25.0 Å². The van der Waals surface area contributed by atoms with Gasteiger partial charge in [-0.25, -0.2) is 0 Å². The molecular weight excluding hydrogens is 268 g/mol. The van der Waals surface area contributed by atoms with E-state index >= 15 is 0 Å². The molecule has 5 heteroatoms. The minimum atomic E-state index is -0.778. The second-order valence-corrected chi connectivity index (χ2v) is 5.91. The third kappa shape index (κ3) is 3.61. The van der Waals surface area contributed by atoms with Gasteiger partial charge in [-0.05, 0) is 37.0 Å². The van der Waals surface area contributed by atoms with E-state index in [1.54, 1.807) is 0 Å². The summed E-state index contributed by atoms with van der Waals surface area (Å²) in [5.41, 5.74) is 3.01. The molecule has 0 saturated carbocycles.